The third-order valence-corrected chi connectivity index (χ3v) is 16.4. The molecular weight excluding hydrogens is 697 g/mol. The highest BCUT2D eigenvalue weighted by Crippen LogP contribution is 2.46. The van der Waals surface area contributed by atoms with Gasteiger partial charge in [0.05, 0.1) is 28.2 Å². The van der Waals surface area contributed by atoms with Gasteiger partial charge in [-0.05, 0) is 114 Å². The fraction of sp³-hybridized carbons (Fsp3) is 0. The first-order valence-corrected chi connectivity index (χ1v) is 20.7. The number of benzene rings is 5. The van der Waals surface area contributed by atoms with Crippen molar-refractivity contribution in [1.82, 2.24) is 0 Å². The van der Waals surface area contributed by atoms with Crippen molar-refractivity contribution in [2.45, 2.75) is 0 Å². The van der Waals surface area contributed by atoms with Gasteiger partial charge in [0.25, 0.3) is 0 Å². The first-order chi connectivity index (χ1) is 23.7. The summed E-state index contributed by atoms with van der Waals surface area (Å²) in [4.78, 5) is 5.30. The molecule has 6 heteroatoms. The van der Waals surface area contributed by atoms with Crippen LogP contribution in [0.1, 0.15) is 0 Å². The molecule has 0 radical (unpaired) electrons. The molecule has 0 fully saturated rings. The highest BCUT2D eigenvalue weighted by molar-refractivity contribution is 7.30. The molecule has 0 bridgehead atoms. The number of hydrogen-bond acceptors (Lipinski definition) is 6. The smallest absolute Gasteiger partial charge is 0.0527 e. The molecule has 5 aromatic carbocycles. The van der Waals surface area contributed by atoms with E-state index in [4.69, 9.17) is 0 Å². The summed E-state index contributed by atoms with van der Waals surface area (Å²) in [6.07, 6.45) is 0. The first-order valence-electron chi connectivity index (χ1n) is 15.7. The summed E-state index contributed by atoms with van der Waals surface area (Å²) < 4.78 is 8.36. The summed E-state index contributed by atoms with van der Waals surface area (Å²) in [6.45, 7) is 0. The SMILES string of the molecule is c1cc(-c2cc3ccc4ccsc4c3s2)cc(-c2cc3ccc4cc(-c5cccc(-c6cc7ccc8ccsc8c7s6)c5)sc4c3s2)c1. The van der Waals surface area contributed by atoms with Crippen molar-refractivity contribution in [3.05, 3.63) is 132 Å². The van der Waals surface area contributed by atoms with Crippen LogP contribution in [-0.4, -0.2) is 0 Å². The molecule has 0 aliphatic rings. The second kappa shape index (κ2) is 10.7. The van der Waals surface area contributed by atoms with Crippen LogP contribution in [-0.2, 0) is 0 Å². The molecule has 0 aliphatic heterocycles. The fourth-order valence-corrected chi connectivity index (χ4v) is 13.8. The van der Waals surface area contributed by atoms with Gasteiger partial charge in [0.15, 0.2) is 0 Å². The Morgan fingerprint density at radius 3 is 0.938 bits per heavy atom. The lowest BCUT2D eigenvalue weighted by molar-refractivity contribution is 1.69. The predicted molar refractivity (Wildman–Crippen MR) is 220 cm³/mol. The minimum absolute atomic E-state index is 1.29. The number of thiophene rings is 6. The van der Waals surface area contributed by atoms with Crippen molar-refractivity contribution >= 4 is 129 Å². The summed E-state index contributed by atoms with van der Waals surface area (Å²) in [6, 6.07) is 45.8. The molecule has 0 nitrogen and oxygen atoms in total. The van der Waals surface area contributed by atoms with Crippen LogP contribution in [0.4, 0.5) is 0 Å². The second-order valence-corrected chi connectivity index (χ2v) is 18.2. The van der Waals surface area contributed by atoms with E-state index in [0.29, 0.717) is 0 Å². The second-order valence-electron chi connectivity index (χ2n) is 12.2. The summed E-state index contributed by atoms with van der Waals surface area (Å²) in [5.74, 6) is 0. The zero-order valence-electron chi connectivity index (χ0n) is 25.2. The Morgan fingerprint density at radius 1 is 0.271 bits per heavy atom. The molecule has 0 unspecified atom stereocenters. The van der Waals surface area contributed by atoms with Crippen LogP contribution >= 0.6 is 68.0 Å². The number of rotatable bonds is 4. The molecule has 226 valence electrons. The van der Waals surface area contributed by atoms with E-state index >= 15 is 0 Å². The Bertz CT molecular complexity index is 2820. The van der Waals surface area contributed by atoms with Gasteiger partial charge >= 0.3 is 0 Å². The van der Waals surface area contributed by atoms with Crippen LogP contribution in [0.25, 0.3) is 102 Å². The lowest BCUT2D eigenvalue weighted by Crippen LogP contribution is -1.75. The molecule has 11 aromatic rings. The maximum absolute atomic E-state index is 2.38. The Hall–Kier alpha value is -4.14. The molecule has 6 heterocycles. The maximum Gasteiger partial charge on any atom is 0.0527 e. The van der Waals surface area contributed by atoms with Gasteiger partial charge in [0.2, 0.25) is 0 Å². The molecule has 11 rings (SSSR count). The highest BCUT2D eigenvalue weighted by Gasteiger charge is 2.15. The largest absolute Gasteiger partial charge is 0.142 e. The Balaban J connectivity index is 0.963. The van der Waals surface area contributed by atoms with Gasteiger partial charge < -0.3 is 0 Å². The fourth-order valence-electron chi connectivity index (χ4n) is 6.85. The van der Waals surface area contributed by atoms with Gasteiger partial charge in [-0.25, -0.2) is 0 Å². The van der Waals surface area contributed by atoms with E-state index in [2.05, 4.69) is 132 Å². The Labute approximate surface area is 300 Å². The van der Waals surface area contributed by atoms with Gasteiger partial charge in [-0.15, -0.1) is 68.0 Å². The van der Waals surface area contributed by atoms with Gasteiger partial charge in [-0.3, -0.25) is 0 Å². The quantitative estimate of drug-likeness (QED) is 0.170. The van der Waals surface area contributed by atoms with Crippen molar-refractivity contribution in [2.75, 3.05) is 0 Å². The topological polar surface area (TPSA) is 0 Å². The lowest BCUT2D eigenvalue weighted by Gasteiger charge is -2.01. The van der Waals surface area contributed by atoms with Crippen LogP contribution in [0.3, 0.4) is 0 Å². The molecule has 6 aromatic heterocycles. The number of hydrogen-bond donors (Lipinski definition) is 0. The summed E-state index contributed by atoms with van der Waals surface area (Å²) in [7, 11) is 0. The lowest BCUT2D eigenvalue weighted by atomic mass is 10.1. The number of fused-ring (bicyclic) bond motifs is 9. The van der Waals surface area contributed by atoms with Gasteiger partial charge in [-0.1, -0.05) is 72.8 Å². The molecule has 0 aliphatic carbocycles. The van der Waals surface area contributed by atoms with Crippen LogP contribution in [0.5, 0.6) is 0 Å². The Kier molecular flexibility index (Phi) is 6.18. The normalized spacial score (nSPS) is 12.2. The van der Waals surface area contributed by atoms with Gasteiger partial charge in [0, 0.05) is 19.5 Å². The molecule has 0 spiro atoms. The maximum atomic E-state index is 2.38. The van der Waals surface area contributed by atoms with E-state index in [-0.39, 0.29) is 0 Å². The minimum Gasteiger partial charge on any atom is -0.142 e. The van der Waals surface area contributed by atoms with Gasteiger partial charge in [-0.2, -0.15) is 0 Å². The molecular formula is C42H22S6. The highest BCUT2D eigenvalue weighted by atomic mass is 32.1. The summed E-state index contributed by atoms with van der Waals surface area (Å²) in [5.41, 5.74) is 5.15. The third-order valence-electron chi connectivity index (χ3n) is 9.24. The Morgan fingerprint density at radius 2 is 0.583 bits per heavy atom. The predicted octanol–water partition coefficient (Wildman–Crippen LogP) is 15.6. The monoisotopic (exact) mass is 718 g/mol. The summed E-state index contributed by atoms with van der Waals surface area (Å²) >= 11 is 11.4. The molecule has 0 atom stereocenters. The average molecular weight is 719 g/mol. The van der Waals surface area contributed by atoms with Crippen LogP contribution in [0, 0.1) is 0 Å². The van der Waals surface area contributed by atoms with Gasteiger partial charge in [0.1, 0.15) is 0 Å². The van der Waals surface area contributed by atoms with Crippen LogP contribution in [0.15, 0.2) is 132 Å². The van der Waals surface area contributed by atoms with E-state index in [0.717, 1.165) is 0 Å². The zero-order chi connectivity index (χ0) is 31.3. The van der Waals surface area contributed by atoms with E-state index in [1.165, 1.54) is 102 Å². The van der Waals surface area contributed by atoms with Crippen LogP contribution in [0.2, 0.25) is 0 Å². The molecule has 48 heavy (non-hydrogen) atoms. The molecule has 0 amide bonds. The van der Waals surface area contributed by atoms with Crippen molar-refractivity contribution in [2.24, 2.45) is 0 Å². The van der Waals surface area contributed by atoms with E-state index in [1.54, 1.807) is 0 Å². The van der Waals surface area contributed by atoms with E-state index in [1.807, 2.05) is 68.0 Å². The van der Waals surface area contributed by atoms with Crippen molar-refractivity contribution in [1.29, 1.82) is 0 Å². The van der Waals surface area contributed by atoms with Crippen molar-refractivity contribution in [3.8, 4) is 41.8 Å². The molecule has 0 saturated heterocycles. The average Bonchev–Trinajstić information content (AvgIpc) is 3.95. The van der Waals surface area contributed by atoms with Crippen molar-refractivity contribution < 1.29 is 0 Å². The van der Waals surface area contributed by atoms with E-state index in [9.17, 15) is 0 Å². The van der Waals surface area contributed by atoms with Crippen molar-refractivity contribution in [3.63, 3.8) is 0 Å². The molecule has 0 N–H and O–H groups in total. The minimum atomic E-state index is 1.29. The third kappa shape index (κ3) is 4.34. The zero-order valence-corrected chi connectivity index (χ0v) is 30.1. The molecule has 0 saturated carbocycles. The van der Waals surface area contributed by atoms with Crippen LogP contribution < -0.4 is 0 Å². The first kappa shape index (κ1) is 27.8. The standard InChI is InChI=1S/C42H22S6/c1-3-25(33-19-29-9-7-23-13-15-43-37(23)39(29)45-33)17-27(5-1)35-21-31-11-12-32-22-36(48-42(32)41(31)47-35)28-6-2-4-26(18-28)34-20-30-10-8-24-14-16-44-38(24)40(30)46-34/h1-22H. The summed E-state index contributed by atoms with van der Waals surface area (Å²) in [5, 5.41) is 12.4. The van der Waals surface area contributed by atoms with E-state index < -0.39 is 0 Å².